The second-order valence-corrected chi connectivity index (χ2v) is 26.2. The van der Waals surface area contributed by atoms with Crippen LogP contribution >= 0.6 is 11.6 Å². The fourth-order valence-electron chi connectivity index (χ4n) is 12.6. The van der Waals surface area contributed by atoms with Crippen LogP contribution in [-0.2, 0) is 31.1 Å². The molecular weight excluding hydrogens is 960 g/mol. The molecule has 6 aliphatic rings. The molecule has 4 unspecified atom stereocenters. The molecule has 6 heterocycles. The van der Waals surface area contributed by atoms with Crippen molar-refractivity contribution in [1.82, 2.24) is 29.6 Å². The Morgan fingerprint density at radius 3 is 1.80 bits per heavy atom. The summed E-state index contributed by atoms with van der Waals surface area (Å²) in [6.45, 7) is 26.2. The standard InChI is InChI=1S/C62H83ClN6O6/c1-38-48(55(70)64-44-17-26-74-27-18-44)37-68(52(38)57(72)66-22-13-11-14-23-66)46-31-41(60(6,7)8)30-43(34-46)62(10)36-49(62)50-35-45(19-28-75-50)65-56(71)51-39(2)53(58(73)67-24-15-12-16-25-67)69(54(51)63)47-32-40(59(3,4)5)29-42(33-47)61(9)20-21-61/h29-34,37,44-45,49-50H,11-28,35-36H2,1-10H3,(H,64,70)(H,65,71). The molecule has 13 heteroatoms. The lowest BCUT2D eigenvalue weighted by atomic mass is 9.82. The molecule has 0 spiro atoms. The Morgan fingerprint density at radius 2 is 1.20 bits per heavy atom. The van der Waals surface area contributed by atoms with Crippen LogP contribution in [0.5, 0.6) is 0 Å². The van der Waals surface area contributed by atoms with Crippen molar-refractivity contribution in [2.75, 3.05) is 46.0 Å². The first-order chi connectivity index (χ1) is 35.6. The normalized spacial score (nSPS) is 24.2. The van der Waals surface area contributed by atoms with E-state index in [0.29, 0.717) is 92.5 Å². The van der Waals surface area contributed by atoms with Crippen molar-refractivity contribution in [3.05, 3.63) is 104 Å². The first-order valence-electron chi connectivity index (χ1n) is 28.4. The van der Waals surface area contributed by atoms with E-state index in [0.717, 1.165) is 87.6 Å². The molecule has 2 aromatic heterocycles. The van der Waals surface area contributed by atoms with E-state index in [9.17, 15) is 19.2 Å². The highest BCUT2D eigenvalue weighted by atomic mass is 35.5. The molecule has 10 rings (SSSR count). The minimum Gasteiger partial charge on any atom is -0.381 e. The lowest BCUT2D eigenvalue weighted by Crippen LogP contribution is -2.43. The van der Waals surface area contributed by atoms with Gasteiger partial charge in [-0.15, -0.1) is 0 Å². The van der Waals surface area contributed by atoms with E-state index in [1.165, 1.54) is 16.7 Å². The van der Waals surface area contributed by atoms with Crippen LogP contribution in [0.25, 0.3) is 11.4 Å². The maximum atomic E-state index is 14.9. The zero-order chi connectivity index (χ0) is 53.4. The quantitative estimate of drug-likeness (QED) is 0.154. The van der Waals surface area contributed by atoms with Crippen LogP contribution in [0.2, 0.25) is 5.15 Å². The van der Waals surface area contributed by atoms with E-state index >= 15 is 0 Å². The third kappa shape index (κ3) is 10.6. The molecule has 2 aliphatic carbocycles. The van der Waals surface area contributed by atoms with Gasteiger partial charge in [0.1, 0.15) is 16.5 Å². The molecule has 4 amide bonds. The van der Waals surface area contributed by atoms with Gasteiger partial charge in [-0.1, -0.05) is 79.1 Å². The number of benzene rings is 2. The van der Waals surface area contributed by atoms with E-state index < -0.39 is 0 Å². The Kier molecular flexibility index (Phi) is 14.6. The van der Waals surface area contributed by atoms with Gasteiger partial charge in [0, 0.05) is 75.7 Å². The predicted molar refractivity (Wildman–Crippen MR) is 297 cm³/mol. The zero-order valence-electron chi connectivity index (χ0n) is 46.6. The average molecular weight is 1040 g/mol. The van der Waals surface area contributed by atoms with Crippen molar-refractivity contribution in [2.45, 2.75) is 193 Å². The van der Waals surface area contributed by atoms with Gasteiger partial charge in [-0.3, -0.25) is 23.7 Å². The number of nitrogens with zero attached hydrogens (tertiary/aromatic N) is 4. The lowest BCUT2D eigenvalue weighted by molar-refractivity contribution is -0.0141. The first kappa shape index (κ1) is 53.5. The van der Waals surface area contributed by atoms with E-state index in [4.69, 9.17) is 21.1 Å². The Bertz CT molecular complexity index is 2840. The van der Waals surface area contributed by atoms with Crippen molar-refractivity contribution < 1.29 is 28.7 Å². The predicted octanol–water partition coefficient (Wildman–Crippen LogP) is 11.6. The molecule has 0 bridgehead atoms. The highest BCUT2D eigenvalue weighted by Gasteiger charge is 2.56. The average Bonchev–Trinajstić information content (AvgIpc) is 4.26. The summed E-state index contributed by atoms with van der Waals surface area (Å²) in [5.41, 5.74) is 9.07. The molecule has 4 aliphatic heterocycles. The molecular formula is C62H83ClN6O6. The van der Waals surface area contributed by atoms with Gasteiger partial charge >= 0.3 is 0 Å². The number of aromatic nitrogens is 2. The number of piperidine rings is 2. The molecule has 0 radical (unpaired) electrons. The van der Waals surface area contributed by atoms with Crippen LogP contribution in [-0.4, -0.2) is 107 Å². The monoisotopic (exact) mass is 1040 g/mol. The number of likely N-dealkylation sites (tertiary alicyclic amines) is 2. The molecule has 6 fully saturated rings. The van der Waals surface area contributed by atoms with E-state index in [-0.39, 0.29) is 74.5 Å². The number of carbonyl (C=O) groups excluding carboxylic acids is 4. The van der Waals surface area contributed by atoms with Crippen LogP contribution in [0.15, 0.2) is 42.6 Å². The molecule has 4 aromatic rings. The summed E-state index contributed by atoms with van der Waals surface area (Å²) in [4.78, 5) is 62.3. The Morgan fingerprint density at radius 1 is 0.653 bits per heavy atom. The number of rotatable bonds is 11. The lowest BCUT2D eigenvalue weighted by Gasteiger charge is -2.32. The third-order valence-corrected chi connectivity index (χ3v) is 18.6. The second-order valence-electron chi connectivity index (χ2n) is 25.9. The van der Waals surface area contributed by atoms with Gasteiger partial charge < -0.3 is 34.5 Å². The summed E-state index contributed by atoms with van der Waals surface area (Å²) < 4.78 is 16.1. The van der Waals surface area contributed by atoms with Gasteiger partial charge in [0.15, 0.2) is 0 Å². The maximum Gasteiger partial charge on any atom is 0.271 e. The number of ether oxygens (including phenoxy) is 2. The number of hydrogen-bond donors (Lipinski definition) is 2. The molecule has 2 saturated carbocycles. The molecule has 2 aromatic carbocycles. The van der Waals surface area contributed by atoms with E-state index in [1.807, 2.05) is 39.0 Å². The van der Waals surface area contributed by atoms with Crippen molar-refractivity contribution in [3.63, 3.8) is 0 Å². The highest BCUT2D eigenvalue weighted by Crippen LogP contribution is 2.58. The van der Waals surface area contributed by atoms with Crippen molar-refractivity contribution >= 4 is 35.2 Å². The number of carbonyl (C=O) groups is 4. The second kappa shape index (κ2) is 20.5. The van der Waals surface area contributed by atoms with Crippen LogP contribution in [0.1, 0.15) is 214 Å². The van der Waals surface area contributed by atoms with Crippen LogP contribution in [0.3, 0.4) is 0 Å². The number of nitrogens with one attached hydrogen (secondary N) is 2. The van der Waals surface area contributed by atoms with E-state index in [1.54, 1.807) is 0 Å². The largest absolute Gasteiger partial charge is 0.381 e. The summed E-state index contributed by atoms with van der Waals surface area (Å²) in [5, 5.41) is 6.94. The fraction of sp³-hybridized carbons (Fsp3) is 0.613. The summed E-state index contributed by atoms with van der Waals surface area (Å²) in [6.07, 6.45) is 13.8. The molecule has 404 valence electrons. The highest BCUT2D eigenvalue weighted by molar-refractivity contribution is 6.34. The minimum absolute atomic E-state index is 0.0235. The molecule has 4 atom stereocenters. The number of hydrogen-bond acceptors (Lipinski definition) is 6. The van der Waals surface area contributed by atoms with Gasteiger partial charge in [0.05, 0.1) is 17.2 Å². The minimum atomic E-state index is -0.269. The van der Waals surface area contributed by atoms with Gasteiger partial charge in [0.2, 0.25) is 0 Å². The van der Waals surface area contributed by atoms with Crippen molar-refractivity contribution in [2.24, 2.45) is 5.92 Å². The SMILES string of the molecule is Cc1c(C(=O)NC2CCOCC2)cn(-c2cc(C(C)(C)C)cc(C3(C)CC3C3CC(NC(=O)c4c(C)c(C(=O)N5CCCCC5)n(-c5cc(C(C)(C)C)cc(C6(C)CC6)c5)c4Cl)CCO3)c2)c1C(=O)N1CCCCC1. The number of amides is 4. The van der Waals surface area contributed by atoms with Gasteiger partial charge in [-0.25, -0.2) is 0 Å². The first-order valence-corrected chi connectivity index (χ1v) is 28.8. The molecule has 2 N–H and O–H groups in total. The Balaban J connectivity index is 0.940. The third-order valence-electron chi connectivity index (χ3n) is 18.2. The molecule has 12 nitrogen and oxygen atoms in total. The zero-order valence-corrected chi connectivity index (χ0v) is 47.4. The van der Waals surface area contributed by atoms with Crippen LogP contribution in [0.4, 0.5) is 0 Å². The Hall–Kier alpha value is -4.91. The van der Waals surface area contributed by atoms with Crippen molar-refractivity contribution in [1.29, 1.82) is 0 Å². The van der Waals surface area contributed by atoms with Gasteiger partial charge in [-0.05, 0) is 183 Å². The topological polar surface area (TPSA) is 127 Å². The summed E-state index contributed by atoms with van der Waals surface area (Å²) in [5.74, 6) is -0.370. The summed E-state index contributed by atoms with van der Waals surface area (Å²) >= 11 is 7.50. The molecule has 75 heavy (non-hydrogen) atoms. The van der Waals surface area contributed by atoms with Gasteiger partial charge in [-0.2, -0.15) is 0 Å². The maximum absolute atomic E-state index is 14.9. The van der Waals surface area contributed by atoms with Crippen LogP contribution in [0, 0.1) is 19.8 Å². The van der Waals surface area contributed by atoms with Gasteiger partial charge in [0.25, 0.3) is 23.6 Å². The molecule has 4 saturated heterocycles. The van der Waals surface area contributed by atoms with Crippen molar-refractivity contribution in [3.8, 4) is 11.4 Å². The number of halogens is 1. The van der Waals surface area contributed by atoms with E-state index in [2.05, 4.69) is 102 Å². The fourth-order valence-corrected chi connectivity index (χ4v) is 13.0. The summed E-state index contributed by atoms with van der Waals surface area (Å²) in [7, 11) is 0. The van der Waals surface area contributed by atoms with Crippen LogP contribution < -0.4 is 10.6 Å². The Labute approximate surface area is 451 Å². The smallest absolute Gasteiger partial charge is 0.271 e. The summed E-state index contributed by atoms with van der Waals surface area (Å²) in [6, 6.07) is 13.3.